The summed E-state index contributed by atoms with van der Waals surface area (Å²) in [6, 6.07) is 71.8. The van der Waals surface area contributed by atoms with Crippen LogP contribution in [-0.4, -0.2) is 4.57 Å². The maximum Gasteiger partial charge on any atom is 0.0568 e. The van der Waals surface area contributed by atoms with Crippen molar-refractivity contribution in [2.24, 2.45) is 0 Å². The first-order chi connectivity index (χ1) is 26.3. The third kappa shape index (κ3) is 5.47. The van der Waals surface area contributed by atoms with Crippen molar-refractivity contribution in [1.82, 2.24) is 4.57 Å². The number of rotatable bonds is 8. The van der Waals surface area contributed by atoms with Crippen LogP contribution in [0.15, 0.2) is 206 Å². The van der Waals surface area contributed by atoms with Crippen LogP contribution in [0.2, 0.25) is 0 Å². The molecule has 0 spiro atoms. The minimum Gasteiger partial charge on any atom is -0.317 e. The number of para-hydroxylation sites is 4. The molecule has 0 radical (unpaired) electrons. The van der Waals surface area contributed by atoms with Crippen LogP contribution < -0.4 is 9.80 Å². The van der Waals surface area contributed by atoms with E-state index in [0.29, 0.717) is 0 Å². The number of aromatic nitrogens is 1. The van der Waals surface area contributed by atoms with Crippen LogP contribution >= 0.6 is 0 Å². The second-order valence-corrected chi connectivity index (χ2v) is 13.5. The minimum absolute atomic E-state index is 1.11. The Morgan fingerprint density at radius 1 is 0.358 bits per heavy atom. The van der Waals surface area contributed by atoms with Gasteiger partial charge in [0.15, 0.2) is 0 Å². The quantitative estimate of drug-likeness (QED) is 0.148. The van der Waals surface area contributed by atoms with Crippen LogP contribution in [-0.2, 0) is 0 Å². The lowest BCUT2D eigenvalue weighted by Crippen LogP contribution is -2.10. The van der Waals surface area contributed by atoms with Gasteiger partial charge in [0.05, 0.1) is 11.0 Å². The van der Waals surface area contributed by atoms with Crippen LogP contribution in [0.1, 0.15) is 5.56 Å². The summed E-state index contributed by atoms with van der Waals surface area (Å²) in [5, 5.41) is 7.46. The standard InChI is InChI=1S/C50H35N3/c1-5-17-41(18-6-1)51(45-28-27-37-15-13-14-16-38(37)33-45)30-29-36-31-39-25-26-40-34-46(52(42-19-7-2-8-20-42)43-21-9-3-10-22-43)35-48-50(40)49(39)47(32-36)53(48)44-23-11-4-12-24-44/h1-35H. The highest BCUT2D eigenvalue weighted by atomic mass is 15.1. The normalized spacial score (nSPS) is 11.7. The first-order valence-corrected chi connectivity index (χ1v) is 18.1. The molecule has 9 aromatic carbocycles. The Balaban J connectivity index is 1.17. The number of hydrogen-bond donors (Lipinski definition) is 0. The molecule has 0 N–H and O–H groups in total. The summed E-state index contributed by atoms with van der Waals surface area (Å²) in [5.41, 5.74) is 10.2. The van der Waals surface area contributed by atoms with Crippen molar-refractivity contribution in [3.63, 3.8) is 0 Å². The average molecular weight is 678 g/mol. The Kier molecular flexibility index (Phi) is 7.47. The molecule has 0 unspecified atom stereocenters. The zero-order valence-electron chi connectivity index (χ0n) is 29.0. The Morgan fingerprint density at radius 3 is 1.53 bits per heavy atom. The van der Waals surface area contributed by atoms with Crippen molar-refractivity contribution in [3.8, 4) is 5.69 Å². The number of hydrogen-bond acceptors (Lipinski definition) is 2. The van der Waals surface area contributed by atoms with E-state index in [-0.39, 0.29) is 0 Å². The van der Waals surface area contributed by atoms with E-state index in [4.69, 9.17) is 0 Å². The summed E-state index contributed by atoms with van der Waals surface area (Å²) in [4.78, 5) is 4.63. The van der Waals surface area contributed by atoms with Crippen molar-refractivity contribution >= 4 is 77.9 Å². The molecule has 0 fully saturated rings. The zero-order valence-corrected chi connectivity index (χ0v) is 29.0. The summed E-state index contributed by atoms with van der Waals surface area (Å²) < 4.78 is 2.44. The van der Waals surface area contributed by atoms with E-state index in [2.05, 4.69) is 227 Å². The predicted octanol–water partition coefficient (Wildman–Crippen LogP) is 13.8. The average Bonchev–Trinajstić information content (AvgIpc) is 3.56. The smallest absolute Gasteiger partial charge is 0.0568 e. The van der Waals surface area contributed by atoms with E-state index in [1.807, 2.05) is 0 Å². The highest BCUT2D eigenvalue weighted by Gasteiger charge is 2.21. The molecule has 0 aliphatic heterocycles. The molecule has 10 rings (SSSR count). The molecule has 3 heteroatoms. The van der Waals surface area contributed by atoms with Crippen molar-refractivity contribution in [3.05, 3.63) is 212 Å². The lowest BCUT2D eigenvalue weighted by atomic mass is 9.99. The molecule has 0 saturated carbocycles. The number of fused-ring (bicyclic) bond motifs is 1. The van der Waals surface area contributed by atoms with Crippen LogP contribution in [0.25, 0.3) is 55.1 Å². The Morgan fingerprint density at radius 2 is 0.868 bits per heavy atom. The Hall–Kier alpha value is -7.10. The van der Waals surface area contributed by atoms with E-state index < -0.39 is 0 Å². The van der Waals surface area contributed by atoms with Gasteiger partial charge in [0.1, 0.15) is 0 Å². The third-order valence-corrected chi connectivity index (χ3v) is 10.2. The van der Waals surface area contributed by atoms with Gasteiger partial charge >= 0.3 is 0 Å². The molecule has 0 aliphatic rings. The molecular formula is C50H35N3. The van der Waals surface area contributed by atoms with E-state index in [1.165, 1.54) is 43.4 Å². The van der Waals surface area contributed by atoms with Gasteiger partial charge in [-0.05, 0) is 118 Å². The highest BCUT2D eigenvalue weighted by molar-refractivity contribution is 6.25. The summed E-state index contributed by atoms with van der Waals surface area (Å²) in [6.07, 6.45) is 4.45. The van der Waals surface area contributed by atoms with Crippen LogP contribution in [0.4, 0.5) is 28.4 Å². The molecule has 53 heavy (non-hydrogen) atoms. The molecular weight excluding hydrogens is 643 g/mol. The van der Waals surface area contributed by atoms with Gasteiger partial charge in [-0.1, -0.05) is 115 Å². The summed E-state index contributed by atoms with van der Waals surface area (Å²) in [6.45, 7) is 0. The van der Waals surface area contributed by atoms with Gasteiger partial charge in [0.25, 0.3) is 0 Å². The minimum atomic E-state index is 1.11. The maximum absolute atomic E-state index is 2.44. The lowest BCUT2D eigenvalue weighted by Gasteiger charge is -2.26. The van der Waals surface area contributed by atoms with Gasteiger partial charge < -0.3 is 14.4 Å². The van der Waals surface area contributed by atoms with Gasteiger partial charge in [0, 0.05) is 51.1 Å². The third-order valence-electron chi connectivity index (χ3n) is 10.2. The zero-order chi connectivity index (χ0) is 35.1. The topological polar surface area (TPSA) is 11.4 Å². The predicted molar refractivity (Wildman–Crippen MR) is 226 cm³/mol. The largest absolute Gasteiger partial charge is 0.317 e. The second kappa shape index (κ2) is 12.9. The van der Waals surface area contributed by atoms with Crippen molar-refractivity contribution in [2.45, 2.75) is 0 Å². The molecule has 3 nitrogen and oxygen atoms in total. The van der Waals surface area contributed by atoms with Crippen LogP contribution in [0.5, 0.6) is 0 Å². The van der Waals surface area contributed by atoms with Gasteiger partial charge in [-0.2, -0.15) is 0 Å². The first-order valence-electron chi connectivity index (χ1n) is 18.1. The molecule has 1 heterocycles. The van der Waals surface area contributed by atoms with Crippen LogP contribution in [0, 0.1) is 0 Å². The van der Waals surface area contributed by atoms with E-state index in [9.17, 15) is 0 Å². The SMILES string of the molecule is C(=CN(c1ccccc1)c1ccc2ccccc2c1)c1cc2ccc3cc(N(c4ccccc4)c4ccccc4)cc4c3c2c(c1)n4-c1ccccc1. The summed E-state index contributed by atoms with van der Waals surface area (Å²) >= 11 is 0. The van der Waals surface area contributed by atoms with E-state index >= 15 is 0 Å². The lowest BCUT2D eigenvalue weighted by molar-refractivity contribution is 1.18. The van der Waals surface area contributed by atoms with E-state index in [1.54, 1.807) is 0 Å². The maximum atomic E-state index is 2.44. The van der Waals surface area contributed by atoms with Crippen molar-refractivity contribution in [1.29, 1.82) is 0 Å². The molecule has 250 valence electrons. The molecule has 0 atom stereocenters. The first kappa shape index (κ1) is 30.7. The molecule has 0 aliphatic carbocycles. The number of anilines is 5. The second-order valence-electron chi connectivity index (χ2n) is 13.5. The fraction of sp³-hybridized carbons (Fsp3) is 0. The van der Waals surface area contributed by atoms with Gasteiger partial charge in [-0.15, -0.1) is 0 Å². The van der Waals surface area contributed by atoms with Crippen LogP contribution in [0.3, 0.4) is 0 Å². The number of benzene rings is 9. The summed E-state index contributed by atoms with van der Waals surface area (Å²) in [7, 11) is 0. The van der Waals surface area contributed by atoms with Crippen molar-refractivity contribution in [2.75, 3.05) is 9.80 Å². The van der Waals surface area contributed by atoms with Gasteiger partial charge in [-0.25, -0.2) is 0 Å². The fourth-order valence-corrected chi connectivity index (χ4v) is 7.85. The Labute approximate surface area is 308 Å². The molecule has 0 saturated heterocycles. The Bertz CT molecular complexity index is 2840. The number of nitrogens with zero attached hydrogens (tertiary/aromatic N) is 3. The molecule has 1 aromatic heterocycles. The van der Waals surface area contributed by atoms with Crippen molar-refractivity contribution < 1.29 is 0 Å². The fourth-order valence-electron chi connectivity index (χ4n) is 7.85. The molecule has 0 bridgehead atoms. The molecule has 10 aromatic rings. The summed E-state index contributed by atoms with van der Waals surface area (Å²) in [5.74, 6) is 0. The van der Waals surface area contributed by atoms with E-state index in [0.717, 1.165) is 39.7 Å². The molecule has 0 amide bonds. The highest BCUT2D eigenvalue weighted by Crippen LogP contribution is 2.44. The monoisotopic (exact) mass is 677 g/mol. The van der Waals surface area contributed by atoms with Gasteiger partial charge in [-0.3, -0.25) is 0 Å². The van der Waals surface area contributed by atoms with Gasteiger partial charge in [0.2, 0.25) is 0 Å².